The monoisotopic (exact) mass is 283 g/mol. The number of aromatic nitrogens is 2. The number of rotatable bonds is 7. The minimum absolute atomic E-state index is 0.320. The van der Waals surface area contributed by atoms with Gasteiger partial charge >= 0.3 is 12.0 Å². The SMILES string of the molecule is Cn1cc(CCNC(=O)N[C@@H](CC(N)=O)C(=O)O)cn1. The molecule has 0 saturated heterocycles. The number of amides is 3. The Labute approximate surface area is 115 Å². The molecule has 0 saturated carbocycles. The Morgan fingerprint density at radius 2 is 2.20 bits per heavy atom. The van der Waals surface area contributed by atoms with E-state index in [1.54, 1.807) is 17.9 Å². The number of urea groups is 1. The first kappa shape index (κ1) is 15.5. The van der Waals surface area contributed by atoms with Gasteiger partial charge in [-0.25, -0.2) is 9.59 Å². The zero-order valence-corrected chi connectivity index (χ0v) is 11.0. The molecule has 3 amide bonds. The van der Waals surface area contributed by atoms with Crippen LogP contribution >= 0.6 is 0 Å². The van der Waals surface area contributed by atoms with E-state index in [0.29, 0.717) is 13.0 Å². The highest BCUT2D eigenvalue weighted by Crippen LogP contribution is 1.96. The van der Waals surface area contributed by atoms with Gasteiger partial charge in [-0.3, -0.25) is 9.48 Å². The number of nitrogens with one attached hydrogen (secondary N) is 2. The normalized spacial score (nSPS) is 11.7. The van der Waals surface area contributed by atoms with Gasteiger partial charge < -0.3 is 21.5 Å². The lowest BCUT2D eigenvalue weighted by Gasteiger charge is -2.13. The molecule has 1 heterocycles. The number of primary amides is 1. The fourth-order valence-corrected chi connectivity index (χ4v) is 1.53. The van der Waals surface area contributed by atoms with E-state index in [1.807, 2.05) is 6.20 Å². The van der Waals surface area contributed by atoms with E-state index in [-0.39, 0.29) is 0 Å². The van der Waals surface area contributed by atoms with Crippen LogP contribution in [0.5, 0.6) is 0 Å². The molecule has 0 aliphatic rings. The Bertz CT molecular complexity index is 499. The average molecular weight is 283 g/mol. The van der Waals surface area contributed by atoms with Gasteiger partial charge in [-0.2, -0.15) is 5.10 Å². The quantitative estimate of drug-likeness (QED) is 0.487. The zero-order valence-electron chi connectivity index (χ0n) is 11.0. The van der Waals surface area contributed by atoms with E-state index in [1.165, 1.54) is 0 Å². The average Bonchev–Trinajstić information content (AvgIpc) is 2.73. The van der Waals surface area contributed by atoms with Crippen molar-refractivity contribution in [2.24, 2.45) is 12.8 Å². The summed E-state index contributed by atoms with van der Waals surface area (Å²) in [5, 5.41) is 17.5. The van der Waals surface area contributed by atoms with E-state index in [0.717, 1.165) is 5.56 Å². The van der Waals surface area contributed by atoms with Gasteiger partial charge in [0.25, 0.3) is 0 Å². The highest BCUT2D eigenvalue weighted by Gasteiger charge is 2.21. The zero-order chi connectivity index (χ0) is 15.1. The minimum Gasteiger partial charge on any atom is -0.480 e. The van der Waals surface area contributed by atoms with Crippen molar-refractivity contribution < 1.29 is 19.5 Å². The number of nitrogens with zero attached hydrogens (tertiary/aromatic N) is 2. The molecule has 0 aromatic carbocycles. The molecule has 0 fully saturated rings. The first-order valence-corrected chi connectivity index (χ1v) is 5.91. The number of carbonyl (C=O) groups excluding carboxylic acids is 2. The van der Waals surface area contributed by atoms with Crippen LogP contribution in [0.4, 0.5) is 4.79 Å². The molecule has 0 unspecified atom stereocenters. The fourth-order valence-electron chi connectivity index (χ4n) is 1.53. The predicted molar refractivity (Wildman–Crippen MR) is 68.7 cm³/mol. The number of hydrogen-bond acceptors (Lipinski definition) is 4. The molecule has 1 aromatic heterocycles. The first-order valence-electron chi connectivity index (χ1n) is 5.91. The number of carboxylic acids is 1. The van der Waals surface area contributed by atoms with Crippen molar-refractivity contribution in [2.75, 3.05) is 6.54 Å². The maximum atomic E-state index is 11.5. The molecule has 5 N–H and O–H groups in total. The summed E-state index contributed by atoms with van der Waals surface area (Å²) in [5.74, 6) is -2.11. The maximum absolute atomic E-state index is 11.5. The second kappa shape index (κ2) is 7.12. The molecule has 1 atom stereocenters. The van der Waals surface area contributed by atoms with Crippen LogP contribution < -0.4 is 16.4 Å². The highest BCUT2D eigenvalue weighted by atomic mass is 16.4. The number of carboxylic acid groups (broad SMARTS) is 1. The number of aryl methyl sites for hydroxylation is 1. The summed E-state index contributed by atoms with van der Waals surface area (Å²) in [4.78, 5) is 33.0. The van der Waals surface area contributed by atoms with Crippen LogP contribution in [-0.2, 0) is 23.1 Å². The first-order chi connectivity index (χ1) is 9.38. The number of nitrogens with two attached hydrogens (primary N) is 1. The van der Waals surface area contributed by atoms with Gasteiger partial charge in [0.2, 0.25) is 5.91 Å². The Kier molecular flexibility index (Phi) is 5.51. The van der Waals surface area contributed by atoms with Gasteiger partial charge in [0, 0.05) is 19.8 Å². The highest BCUT2D eigenvalue weighted by molar-refractivity contribution is 5.87. The number of aliphatic carboxylic acids is 1. The molecule has 110 valence electrons. The molecule has 0 radical (unpaired) electrons. The summed E-state index contributed by atoms with van der Waals surface area (Å²) in [6.07, 6.45) is 3.60. The molecule has 0 bridgehead atoms. The van der Waals surface area contributed by atoms with Crippen molar-refractivity contribution >= 4 is 17.9 Å². The van der Waals surface area contributed by atoms with E-state index < -0.39 is 30.4 Å². The summed E-state index contributed by atoms with van der Waals surface area (Å²) in [6, 6.07) is -1.99. The fraction of sp³-hybridized carbons (Fsp3) is 0.455. The van der Waals surface area contributed by atoms with E-state index in [2.05, 4.69) is 15.7 Å². The molecule has 9 nitrogen and oxygen atoms in total. The minimum atomic E-state index is -1.33. The molecule has 9 heteroatoms. The van der Waals surface area contributed by atoms with Crippen LogP contribution in [0.25, 0.3) is 0 Å². The molecule has 0 spiro atoms. The van der Waals surface area contributed by atoms with Crippen LogP contribution in [0.2, 0.25) is 0 Å². The third-order valence-electron chi connectivity index (χ3n) is 2.47. The van der Waals surface area contributed by atoms with Crippen molar-refractivity contribution in [3.63, 3.8) is 0 Å². The van der Waals surface area contributed by atoms with Crippen molar-refractivity contribution in [1.29, 1.82) is 0 Å². The smallest absolute Gasteiger partial charge is 0.326 e. The van der Waals surface area contributed by atoms with Crippen LogP contribution in [0, 0.1) is 0 Å². The lowest BCUT2D eigenvalue weighted by atomic mass is 10.2. The summed E-state index contributed by atoms with van der Waals surface area (Å²) in [6.45, 7) is 0.320. The molecule has 20 heavy (non-hydrogen) atoms. The summed E-state index contributed by atoms with van der Waals surface area (Å²) >= 11 is 0. The second-order valence-electron chi connectivity index (χ2n) is 4.23. The summed E-state index contributed by atoms with van der Waals surface area (Å²) in [5.41, 5.74) is 5.85. The van der Waals surface area contributed by atoms with E-state index in [9.17, 15) is 14.4 Å². The van der Waals surface area contributed by atoms with Gasteiger partial charge in [-0.05, 0) is 12.0 Å². The van der Waals surface area contributed by atoms with E-state index in [4.69, 9.17) is 10.8 Å². The lowest BCUT2D eigenvalue weighted by Crippen LogP contribution is -2.48. The van der Waals surface area contributed by atoms with Gasteiger partial charge in [-0.1, -0.05) is 0 Å². The lowest BCUT2D eigenvalue weighted by molar-refractivity contribution is -0.140. The van der Waals surface area contributed by atoms with Crippen molar-refractivity contribution in [3.8, 4) is 0 Å². The standard InChI is InChI=1S/C11H17N5O4/c1-16-6-7(5-14-16)2-3-13-11(20)15-8(10(18)19)4-9(12)17/h5-6,8H,2-4H2,1H3,(H2,12,17)(H,18,19)(H2,13,15,20)/t8-/m0/s1. The summed E-state index contributed by atoms with van der Waals surface area (Å²) in [7, 11) is 1.78. The number of carbonyl (C=O) groups is 3. The van der Waals surface area contributed by atoms with Crippen LogP contribution in [-0.4, -0.2) is 45.4 Å². The van der Waals surface area contributed by atoms with Crippen LogP contribution in [0.3, 0.4) is 0 Å². The largest absolute Gasteiger partial charge is 0.480 e. The Morgan fingerprint density at radius 3 is 2.70 bits per heavy atom. The third kappa shape index (κ3) is 5.38. The van der Waals surface area contributed by atoms with Crippen molar-refractivity contribution in [2.45, 2.75) is 18.9 Å². The summed E-state index contributed by atoms with van der Waals surface area (Å²) < 4.78 is 1.64. The van der Waals surface area contributed by atoms with E-state index >= 15 is 0 Å². The Morgan fingerprint density at radius 1 is 1.50 bits per heavy atom. The van der Waals surface area contributed by atoms with Crippen LogP contribution in [0.1, 0.15) is 12.0 Å². The maximum Gasteiger partial charge on any atom is 0.326 e. The molecule has 0 aliphatic carbocycles. The van der Waals surface area contributed by atoms with Gasteiger partial charge in [-0.15, -0.1) is 0 Å². The van der Waals surface area contributed by atoms with Gasteiger partial charge in [0.05, 0.1) is 12.6 Å². The predicted octanol–water partition coefficient (Wildman–Crippen LogP) is -1.41. The molecule has 0 aliphatic heterocycles. The van der Waals surface area contributed by atoms with Crippen LogP contribution in [0.15, 0.2) is 12.4 Å². The van der Waals surface area contributed by atoms with Gasteiger partial charge in [0.1, 0.15) is 6.04 Å². The number of hydrogen-bond donors (Lipinski definition) is 4. The Balaban J connectivity index is 2.34. The Hall–Kier alpha value is -2.58. The van der Waals surface area contributed by atoms with Gasteiger partial charge in [0.15, 0.2) is 0 Å². The molecule has 1 rings (SSSR count). The molecular weight excluding hydrogens is 266 g/mol. The van der Waals surface area contributed by atoms with Crippen molar-refractivity contribution in [3.05, 3.63) is 18.0 Å². The molecular formula is C11H17N5O4. The molecule has 1 aromatic rings. The topological polar surface area (TPSA) is 139 Å². The second-order valence-corrected chi connectivity index (χ2v) is 4.23. The van der Waals surface area contributed by atoms with Crippen molar-refractivity contribution in [1.82, 2.24) is 20.4 Å². The third-order valence-corrected chi connectivity index (χ3v) is 2.47.